The monoisotopic (exact) mass is 430 g/mol. The third kappa shape index (κ3) is 4.09. The summed E-state index contributed by atoms with van der Waals surface area (Å²) in [6.07, 6.45) is -4.44. The Bertz CT molecular complexity index is 1340. The van der Waals surface area contributed by atoms with Crippen LogP contribution >= 0.6 is 0 Å². The standard InChI is InChI=1S/C21H17F3N4O3/c1-27-18-17(19(29)26-20(27)30)28(11-13-7-9-14(10-8-13)21(22,23)24)16(25-18)12-31-15-5-3-2-4-6-15/h2-10H,11-12H2,1H3,(H,26,29,30). The van der Waals surface area contributed by atoms with E-state index in [4.69, 9.17) is 4.74 Å². The molecule has 31 heavy (non-hydrogen) atoms. The highest BCUT2D eigenvalue weighted by Gasteiger charge is 2.30. The van der Waals surface area contributed by atoms with Crippen molar-refractivity contribution >= 4 is 11.2 Å². The van der Waals surface area contributed by atoms with Gasteiger partial charge in [0, 0.05) is 13.6 Å². The number of para-hydroxylation sites is 1. The number of aryl methyl sites for hydroxylation is 1. The Kier molecular flexibility index (Phi) is 5.14. The Balaban J connectivity index is 1.77. The van der Waals surface area contributed by atoms with Crippen LogP contribution in [-0.2, 0) is 26.4 Å². The first-order valence-corrected chi connectivity index (χ1v) is 9.26. The third-order valence-electron chi connectivity index (χ3n) is 4.82. The third-order valence-corrected chi connectivity index (χ3v) is 4.82. The molecule has 0 aliphatic rings. The van der Waals surface area contributed by atoms with Crippen LogP contribution in [0.4, 0.5) is 13.2 Å². The molecule has 0 bridgehead atoms. The summed E-state index contributed by atoms with van der Waals surface area (Å²) in [4.78, 5) is 31.1. The Labute approximate surface area is 173 Å². The van der Waals surface area contributed by atoms with E-state index < -0.39 is 23.0 Å². The van der Waals surface area contributed by atoms with Crippen molar-refractivity contribution in [1.82, 2.24) is 19.1 Å². The molecule has 0 spiro atoms. The molecule has 4 rings (SSSR count). The fourth-order valence-electron chi connectivity index (χ4n) is 3.21. The summed E-state index contributed by atoms with van der Waals surface area (Å²) < 4.78 is 47.1. The van der Waals surface area contributed by atoms with Gasteiger partial charge in [-0.2, -0.15) is 13.2 Å². The number of rotatable bonds is 5. The van der Waals surface area contributed by atoms with E-state index in [0.717, 1.165) is 12.1 Å². The molecule has 0 fully saturated rings. The minimum atomic E-state index is -4.44. The van der Waals surface area contributed by atoms with Crippen LogP contribution in [0.5, 0.6) is 5.75 Å². The van der Waals surface area contributed by atoms with Crippen LogP contribution in [0, 0.1) is 0 Å². The van der Waals surface area contributed by atoms with Gasteiger partial charge in [0.05, 0.1) is 5.56 Å². The van der Waals surface area contributed by atoms with Crippen molar-refractivity contribution < 1.29 is 17.9 Å². The number of hydrogen-bond donors (Lipinski definition) is 1. The zero-order valence-electron chi connectivity index (χ0n) is 16.3. The van der Waals surface area contributed by atoms with E-state index in [-0.39, 0.29) is 24.3 Å². The van der Waals surface area contributed by atoms with Crippen molar-refractivity contribution in [2.24, 2.45) is 7.05 Å². The van der Waals surface area contributed by atoms with Crippen molar-refractivity contribution in [3.8, 4) is 5.75 Å². The number of fused-ring (bicyclic) bond motifs is 1. The van der Waals surface area contributed by atoms with Crippen LogP contribution in [0.25, 0.3) is 11.2 Å². The Hall–Kier alpha value is -3.82. The molecule has 2 aromatic carbocycles. The largest absolute Gasteiger partial charge is 0.486 e. The second-order valence-corrected chi connectivity index (χ2v) is 6.90. The average molecular weight is 430 g/mol. The van der Waals surface area contributed by atoms with Gasteiger partial charge >= 0.3 is 11.9 Å². The number of aromatic nitrogens is 4. The van der Waals surface area contributed by atoms with Crippen LogP contribution in [0.1, 0.15) is 17.0 Å². The van der Waals surface area contributed by atoms with Gasteiger partial charge in [0.15, 0.2) is 11.2 Å². The quantitative estimate of drug-likeness (QED) is 0.528. The lowest BCUT2D eigenvalue weighted by Crippen LogP contribution is -2.29. The summed E-state index contributed by atoms with van der Waals surface area (Å²) in [7, 11) is 1.47. The van der Waals surface area contributed by atoms with Gasteiger partial charge in [0.25, 0.3) is 5.56 Å². The van der Waals surface area contributed by atoms with Crippen molar-refractivity contribution in [3.05, 3.63) is 92.4 Å². The van der Waals surface area contributed by atoms with E-state index in [0.29, 0.717) is 17.1 Å². The highest BCUT2D eigenvalue weighted by molar-refractivity contribution is 5.71. The zero-order valence-corrected chi connectivity index (χ0v) is 16.3. The van der Waals surface area contributed by atoms with Crippen LogP contribution in [0.2, 0.25) is 0 Å². The number of imidazole rings is 1. The molecule has 0 saturated heterocycles. The van der Waals surface area contributed by atoms with E-state index in [2.05, 4.69) is 9.97 Å². The second kappa shape index (κ2) is 7.78. The number of halogens is 3. The lowest BCUT2D eigenvalue weighted by molar-refractivity contribution is -0.137. The number of alkyl halides is 3. The van der Waals surface area contributed by atoms with E-state index in [9.17, 15) is 22.8 Å². The molecule has 0 radical (unpaired) electrons. The molecule has 2 heterocycles. The van der Waals surface area contributed by atoms with Gasteiger partial charge in [-0.3, -0.25) is 14.3 Å². The first-order chi connectivity index (χ1) is 14.7. The van der Waals surface area contributed by atoms with E-state index >= 15 is 0 Å². The minimum absolute atomic E-state index is 0.00699. The zero-order chi connectivity index (χ0) is 22.2. The van der Waals surface area contributed by atoms with E-state index in [1.165, 1.54) is 23.7 Å². The highest BCUT2D eigenvalue weighted by Crippen LogP contribution is 2.29. The molecule has 10 heteroatoms. The average Bonchev–Trinajstić information content (AvgIpc) is 3.10. The van der Waals surface area contributed by atoms with Gasteiger partial charge in [-0.1, -0.05) is 30.3 Å². The molecule has 1 N–H and O–H groups in total. The number of ether oxygens (including phenoxy) is 1. The van der Waals surface area contributed by atoms with Crippen LogP contribution in [0.15, 0.2) is 64.2 Å². The number of nitrogens with zero attached hydrogens (tertiary/aromatic N) is 3. The summed E-state index contributed by atoms with van der Waals surface area (Å²) in [5.41, 5.74) is -1.20. The van der Waals surface area contributed by atoms with Crippen LogP contribution < -0.4 is 16.0 Å². The Morgan fingerprint density at radius 3 is 2.35 bits per heavy atom. The van der Waals surface area contributed by atoms with Gasteiger partial charge < -0.3 is 9.30 Å². The first-order valence-electron chi connectivity index (χ1n) is 9.26. The first kappa shape index (κ1) is 20.5. The number of benzene rings is 2. The number of hydrogen-bond acceptors (Lipinski definition) is 4. The molecule has 0 atom stereocenters. The van der Waals surface area contributed by atoms with Gasteiger partial charge in [0.1, 0.15) is 18.2 Å². The summed E-state index contributed by atoms with van der Waals surface area (Å²) in [6, 6.07) is 13.6. The maximum atomic E-state index is 12.9. The Morgan fingerprint density at radius 1 is 1.03 bits per heavy atom. The molecule has 160 valence electrons. The fraction of sp³-hybridized carbons (Fsp3) is 0.190. The van der Waals surface area contributed by atoms with Crippen molar-refractivity contribution in [1.29, 1.82) is 0 Å². The molecule has 0 unspecified atom stereocenters. The van der Waals surface area contributed by atoms with Gasteiger partial charge in [0.2, 0.25) is 0 Å². The fourth-order valence-corrected chi connectivity index (χ4v) is 3.21. The molecule has 4 aromatic rings. The molecular formula is C21H17F3N4O3. The van der Waals surface area contributed by atoms with E-state index in [1.54, 1.807) is 28.8 Å². The topological polar surface area (TPSA) is 81.9 Å². The van der Waals surface area contributed by atoms with Crippen molar-refractivity contribution in [3.63, 3.8) is 0 Å². The molecule has 0 saturated carbocycles. The summed E-state index contributed by atoms with van der Waals surface area (Å²) in [5.74, 6) is 0.934. The number of H-pyrrole nitrogens is 1. The summed E-state index contributed by atoms with van der Waals surface area (Å²) in [6.45, 7) is 0.0658. The maximum Gasteiger partial charge on any atom is 0.416 e. The lowest BCUT2D eigenvalue weighted by atomic mass is 10.1. The number of aromatic amines is 1. The van der Waals surface area contributed by atoms with Gasteiger partial charge in [-0.15, -0.1) is 0 Å². The summed E-state index contributed by atoms with van der Waals surface area (Å²) >= 11 is 0. The SMILES string of the molecule is Cn1c(=O)[nH]c(=O)c2c1nc(COc1ccccc1)n2Cc1ccc(C(F)(F)F)cc1. The lowest BCUT2D eigenvalue weighted by Gasteiger charge is -2.11. The normalized spacial score (nSPS) is 11.7. The highest BCUT2D eigenvalue weighted by atomic mass is 19.4. The smallest absolute Gasteiger partial charge is 0.416 e. The van der Waals surface area contributed by atoms with E-state index in [1.807, 2.05) is 6.07 Å². The number of nitrogens with one attached hydrogen (secondary N) is 1. The summed E-state index contributed by atoms with van der Waals surface area (Å²) in [5, 5.41) is 0. The van der Waals surface area contributed by atoms with Crippen molar-refractivity contribution in [2.45, 2.75) is 19.3 Å². The van der Waals surface area contributed by atoms with Gasteiger partial charge in [-0.25, -0.2) is 9.78 Å². The second-order valence-electron chi connectivity index (χ2n) is 6.90. The molecule has 0 aliphatic heterocycles. The molecule has 0 amide bonds. The molecule has 0 aliphatic carbocycles. The van der Waals surface area contributed by atoms with Crippen molar-refractivity contribution in [2.75, 3.05) is 0 Å². The Morgan fingerprint density at radius 2 is 1.71 bits per heavy atom. The predicted octanol–water partition coefficient (Wildman–Crippen LogP) is 3.07. The van der Waals surface area contributed by atoms with Crippen LogP contribution in [-0.4, -0.2) is 19.1 Å². The molecule has 7 nitrogen and oxygen atoms in total. The molecular weight excluding hydrogens is 413 g/mol. The minimum Gasteiger partial charge on any atom is -0.486 e. The maximum absolute atomic E-state index is 12.9. The van der Waals surface area contributed by atoms with Crippen LogP contribution in [0.3, 0.4) is 0 Å². The molecule has 2 aromatic heterocycles. The predicted molar refractivity (Wildman–Crippen MR) is 107 cm³/mol. The van der Waals surface area contributed by atoms with Gasteiger partial charge in [-0.05, 0) is 29.8 Å².